The number of aryl methyl sites for hydroxylation is 2. The highest BCUT2D eigenvalue weighted by Crippen LogP contribution is 2.25. The number of hydrogen-bond donors (Lipinski definition) is 2. The summed E-state index contributed by atoms with van der Waals surface area (Å²) in [5.41, 5.74) is 4.13. The summed E-state index contributed by atoms with van der Waals surface area (Å²) in [5, 5.41) is 6.23. The first-order chi connectivity index (χ1) is 13.9. The maximum atomic E-state index is 13.0. The number of para-hydroxylation sites is 1. The molecule has 0 aliphatic heterocycles. The van der Waals surface area contributed by atoms with Crippen LogP contribution in [-0.4, -0.2) is 28.2 Å². The summed E-state index contributed by atoms with van der Waals surface area (Å²) >= 11 is 0. The zero-order valence-corrected chi connectivity index (χ0v) is 14.1. The van der Waals surface area contributed by atoms with Gasteiger partial charge in [0.25, 0.3) is 11.8 Å². The van der Waals surface area contributed by atoms with Crippen LogP contribution >= 0.6 is 0 Å². The molecule has 3 N–H and O–H groups in total. The summed E-state index contributed by atoms with van der Waals surface area (Å²) in [6.07, 6.45) is -1.49. The molecule has 25 heavy (non-hydrogen) atoms. The number of nitrogens with two attached hydrogens (primary N) is 1. The van der Waals surface area contributed by atoms with Gasteiger partial charge in [-0.1, -0.05) is 32.4 Å². The number of carbonyl (C=O) groups excluding carboxylic acids is 2. The molecule has 1 aromatic heterocycles. The Morgan fingerprint density at radius 2 is 2.12 bits per heavy atom. The number of ether oxygens (including phenoxy) is 1. The molecule has 0 fully saturated rings. The molecule has 0 saturated heterocycles. The predicted molar refractivity (Wildman–Crippen MR) is 95.9 cm³/mol. The van der Waals surface area contributed by atoms with E-state index in [4.69, 9.17) is 17.3 Å². The second-order valence-electron chi connectivity index (χ2n) is 5.18. The second kappa shape index (κ2) is 8.32. The SMILES string of the molecule is [2H]C([2H])(CC)c1nn(C([2H])([2H])[2H])c(C(N)=O)c1NC(=O)c1ccccc1OCCC. The van der Waals surface area contributed by atoms with Crippen molar-refractivity contribution < 1.29 is 21.2 Å². The van der Waals surface area contributed by atoms with Gasteiger partial charge in [0.1, 0.15) is 11.4 Å². The number of amides is 2. The average Bonchev–Trinajstić information content (AvgIpc) is 3.07. The molecule has 0 spiro atoms. The van der Waals surface area contributed by atoms with Crippen molar-refractivity contribution in [3.8, 4) is 5.75 Å². The molecule has 1 aromatic carbocycles. The van der Waals surface area contributed by atoms with Crippen LogP contribution in [0.5, 0.6) is 5.75 Å². The molecular formula is C18H24N4O3. The Bertz CT molecular complexity index is 940. The lowest BCUT2D eigenvalue weighted by atomic mass is 10.1. The van der Waals surface area contributed by atoms with Crippen LogP contribution < -0.4 is 15.8 Å². The van der Waals surface area contributed by atoms with Crippen molar-refractivity contribution in [2.75, 3.05) is 11.9 Å². The van der Waals surface area contributed by atoms with Gasteiger partial charge >= 0.3 is 0 Å². The molecule has 2 aromatic rings. The fraction of sp³-hybridized carbons (Fsp3) is 0.389. The fourth-order valence-corrected chi connectivity index (χ4v) is 2.23. The number of aromatic nitrogens is 2. The van der Waals surface area contributed by atoms with Gasteiger partial charge in [0.15, 0.2) is 0 Å². The number of benzene rings is 1. The number of anilines is 1. The van der Waals surface area contributed by atoms with E-state index >= 15 is 0 Å². The van der Waals surface area contributed by atoms with Crippen molar-refractivity contribution in [3.05, 3.63) is 41.2 Å². The van der Waals surface area contributed by atoms with Gasteiger partial charge in [0.2, 0.25) is 0 Å². The van der Waals surface area contributed by atoms with Crippen molar-refractivity contribution in [1.82, 2.24) is 9.78 Å². The molecule has 0 bridgehead atoms. The number of nitrogens with zero attached hydrogens (tertiary/aromatic N) is 2. The highest BCUT2D eigenvalue weighted by molar-refractivity contribution is 6.09. The zero-order chi connectivity index (χ0) is 22.7. The molecule has 0 unspecified atom stereocenters. The summed E-state index contributed by atoms with van der Waals surface area (Å²) in [5.74, 6) is -1.59. The maximum Gasteiger partial charge on any atom is 0.269 e. The van der Waals surface area contributed by atoms with E-state index in [1.54, 1.807) is 18.2 Å². The Morgan fingerprint density at radius 3 is 2.76 bits per heavy atom. The topological polar surface area (TPSA) is 99.2 Å². The van der Waals surface area contributed by atoms with Crippen molar-refractivity contribution in [2.24, 2.45) is 12.7 Å². The minimum Gasteiger partial charge on any atom is -0.493 e. The minimum atomic E-state index is -2.91. The Labute approximate surface area is 154 Å². The Morgan fingerprint density at radius 1 is 1.36 bits per heavy atom. The molecule has 7 nitrogen and oxygen atoms in total. The van der Waals surface area contributed by atoms with E-state index in [1.165, 1.54) is 13.0 Å². The lowest BCUT2D eigenvalue weighted by Gasteiger charge is -2.12. The second-order valence-corrected chi connectivity index (χ2v) is 5.18. The third-order valence-corrected chi connectivity index (χ3v) is 3.29. The molecule has 0 aliphatic rings. The fourth-order valence-electron chi connectivity index (χ4n) is 2.23. The molecule has 0 atom stereocenters. The molecule has 0 saturated carbocycles. The number of primary amides is 1. The minimum absolute atomic E-state index is 0.0811. The molecule has 0 radical (unpaired) electrons. The van der Waals surface area contributed by atoms with Gasteiger partial charge in [-0.25, -0.2) is 0 Å². The number of nitrogens with one attached hydrogen (secondary N) is 1. The molecule has 1 heterocycles. The van der Waals surface area contributed by atoms with Crippen LogP contribution in [0.2, 0.25) is 0 Å². The zero-order valence-electron chi connectivity index (χ0n) is 19.1. The molecule has 0 aliphatic carbocycles. The van der Waals surface area contributed by atoms with E-state index in [2.05, 4.69) is 10.4 Å². The predicted octanol–water partition coefficient (Wildman–Crippen LogP) is 2.51. The van der Waals surface area contributed by atoms with E-state index in [-0.39, 0.29) is 17.7 Å². The highest BCUT2D eigenvalue weighted by Gasteiger charge is 2.23. The van der Waals surface area contributed by atoms with Gasteiger partial charge < -0.3 is 15.8 Å². The van der Waals surface area contributed by atoms with Crippen LogP contribution in [0, 0.1) is 0 Å². The monoisotopic (exact) mass is 349 g/mol. The summed E-state index contributed by atoms with van der Waals surface area (Å²) in [4.78, 5) is 25.0. The largest absolute Gasteiger partial charge is 0.493 e. The summed E-state index contributed by atoms with van der Waals surface area (Å²) in [6.45, 7) is 0.896. The normalized spacial score (nSPS) is 14.6. The van der Waals surface area contributed by atoms with Crippen molar-refractivity contribution in [1.29, 1.82) is 0 Å². The van der Waals surface area contributed by atoms with Crippen molar-refractivity contribution >= 4 is 17.5 Å². The lowest BCUT2D eigenvalue weighted by molar-refractivity contribution is 0.0992. The lowest BCUT2D eigenvalue weighted by Crippen LogP contribution is -2.21. The van der Waals surface area contributed by atoms with Crippen LogP contribution in [0.25, 0.3) is 0 Å². The Kier molecular flexibility index (Phi) is 4.17. The van der Waals surface area contributed by atoms with Gasteiger partial charge in [0, 0.05) is 13.8 Å². The van der Waals surface area contributed by atoms with Gasteiger partial charge in [-0.2, -0.15) is 5.10 Å². The Balaban J connectivity index is 2.62. The van der Waals surface area contributed by atoms with Gasteiger partial charge in [0.05, 0.1) is 23.6 Å². The van der Waals surface area contributed by atoms with Crippen LogP contribution in [0.1, 0.15) is 60.1 Å². The molecule has 2 rings (SSSR count). The van der Waals surface area contributed by atoms with E-state index in [1.807, 2.05) is 6.92 Å². The van der Waals surface area contributed by atoms with Gasteiger partial charge in [-0.15, -0.1) is 0 Å². The van der Waals surface area contributed by atoms with E-state index in [0.717, 1.165) is 0 Å². The van der Waals surface area contributed by atoms with Crippen LogP contribution in [-0.2, 0) is 13.3 Å². The van der Waals surface area contributed by atoms with Gasteiger partial charge in [-0.05, 0) is 24.9 Å². The Hall–Kier alpha value is -2.83. The molecule has 7 heteroatoms. The number of carbonyl (C=O) groups is 2. The maximum absolute atomic E-state index is 13.0. The molecule has 134 valence electrons. The first kappa shape index (κ1) is 12.5. The van der Waals surface area contributed by atoms with Crippen molar-refractivity contribution in [3.63, 3.8) is 0 Å². The smallest absolute Gasteiger partial charge is 0.269 e. The van der Waals surface area contributed by atoms with E-state index < -0.39 is 36.6 Å². The quantitative estimate of drug-likeness (QED) is 0.765. The van der Waals surface area contributed by atoms with E-state index in [9.17, 15) is 9.59 Å². The number of rotatable bonds is 8. The van der Waals surface area contributed by atoms with Crippen LogP contribution in [0.3, 0.4) is 0 Å². The van der Waals surface area contributed by atoms with E-state index in [0.29, 0.717) is 23.5 Å². The molecule has 2 amide bonds. The van der Waals surface area contributed by atoms with Crippen molar-refractivity contribution in [2.45, 2.75) is 33.1 Å². The summed E-state index contributed by atoms with van der Waals surface area (Å²) in [7, 11) is 0. The molecular weight excluding hydrogens is 320 g/mol. The highest BCUT2D eigenvalue weighted by atomic mass is 16.5. The average molecular weight is 349 g/mol. The third-order valence-electron chi connectivity index (χ3n) is 3.29. The van der Waals surface area contributed by atoms with Gasteiger partial charge in [-0.3, -0.25) is 14.3 Å². The standard InChI is InChI=1S/C18H24N4O3/c1-4-8-13-15(16(17(19)23)22(3)21-13)20-18(24)12-9-6-7-10-14(12)25-11-5-2/h6-7,9-10H,4-5,8,11H2,1-3H3,(H2,19,23)(H,20,24)/i3D3,8D2. The third kappa shape index (κ3) is 4.17. The first-order valence-electron chi connectivity index (χ1n) is 10.4. The first-order valence-corrected chi connectivity index (χ1v) is 7.91. The van der Waals surface area contributed by atoms with Crippen LogP contribution in [0.4, 0.5) is 5.69 Å². The summed E-state index contributed by atoms with van der Waals surface area (Å²) < 4.78 is 45.1. The number of hydrogen-bond acceptors (Lipinski definition) is 4. The summed E-state index contributed by atoms with van der Waals surface area (Å²) in [6, 6.07) is 6.38. The van der Waals surface area contributed by atoms with Crippen LogP contribution in [0.15, 0.2) is 24.3 Å².